The van der Waals surface area contributed by atoms with E-state index in [-0.39, 0.29) is 16.8 Å². The standard InChI is InChI=1S/C29H29Cl4N3O4/c1-34-25-20(12-18(32)13-21(25)33)29(28(34)40)24(27(38)39)23(22-7-4-8-36(22)29)26(37)35(14-15-5-2-3-6-15)19-10-16(30)9-17(31)11-19/h9-13,15,22-24H,2-8,14H2,1H3,(H,38,39)/t22-,23?,24-,29?/m0/s1. The Morgan fingerprint density at radius 3 is 2.27 bits per heavy atom. The van der Waals surface area contributed by atoms with Crippen LogP contribution >= 0.6 is 46.4 Å². The number of aliphatic carboxylic acids is 1. The van der Waals surface area contributed by atoms with Gasteiger partial charge in [0.25, 0.3) is 5.91 Å². The van der Waals surface area contributed by atoms with E-state index in [1.165, 1.54) is 4.90 Å². The number of likely N-dealkylation sites (N-methyl/N-ethyl adjacent to an activating group) is 1. The van der Waals surface area contributed by atoms with Gasteiger partial charge in [-0.15, -0.1) is 0 Å². The zero-order chi connectivity index (χ0) is 28.5. The van der Waals surface area contributed by atoms with Crippen molar-refractivity contribution in [2.45, 2.75) is 50.1 Å². The van der Waals surface area contributed by atoms with E-state index in [0.29, 0.717) is 51.5 Å². The number of fused-ring (bicyclic) bond motifs is 4. The van der Waals surface area contributed by atoms with Crippen LogP contribution in [-0.2, 0) is 19.9 Å². The van der Waals surface area contributed by atoms with Crippen molar-refractivity contribution < 1.29 is 19.5 Å². The van der Waals surface area contributed by atoms with Gasteiger partial charge in [-0.1, -0.05) is 59.2 Å². The van der Waals surface area contributed by atoms with Crippen molar-refractivity contribution in [2.75, 3.05) is 29.9 Å². The molecule has 1 aliphatic carbocycles. The van der Waals surface area contributed by atoms with Gasteiger partial charge in [0.1, 0.15) is 11.5 Å². The lowest BCUT2D eigenvalue weighted by Gasteiger charge is -2.36. The van der Waals surface area contributed by atoms with Gasteiger partial charge in [0.2, 0.25) is 5.91 Å². The predicted molar refractivity (Wildman–Crippen MR) is 157 cm³/mol. The van der Waals surface area contributed by atoms with Crippen LogP contribution in [0.15, 0.2) is 30.3 Å². The number of hydrogen-bond acceptors (Lipinski definition) is 4. The van der Waals surface area contributed by atoms with E-state index in [2.05, 4.69) is 0 Å². The molecule has 1 saturated carbocycles. The fraction of sp³-hybridized carbons (Fsp3) is 0.483. The maximum absolute atomic E-state index is 14.8. The highest BCUT2D eigenvalue weighted by Gasteiger charge is 2.72. The number of carboxylic acid groups (broad SMARTS) is 1. The summed E-state index contributed by atoms with van der Waals surface area (Å²) < 4.78 is 0. The van der Waals surface area contributed by atoms with Gasteiger partial charge in [0, 0.05) is 46.0 Å². The van der Waals surface area contributed by atoms with Crippen LogP contribution in [0.5, 0.6) is 0 Å². The van der Waals surface area contributed by atoms with Crippen LogP contribution in [-0.4, -0.2) is 54.0 Å². The van der Waals surface area contributed by atoms with Crippen molar-refractivity contribution in [3.63, 3.8) is 0 Å². The Kier molecular flexibility index (Phi) is 7.28. The maximum atomic E-state index is 14.8. The molecule has 11 heteroatoms. The Morgan fingerprint density at radius 2 is 1.62 bits per heavy atom. The molecule has 7 nitrogen and oxygen atoms in total. The molecular weight excluding hydrogens is 596 g/mol. The second kappa shape index (κ2) is 10.4. The second-order valence-corrected chi connectivity index (χ2v) is 13.1. The van der Waals surface area contributed by atoms with Gasteiger partial charge in [-0.05, 0) is 68.5 Å². The minimum atomic E-state index is -1.60. The van der Waals surface area contributed by atoms with Crippen molar-refractivity contribution in [2.24, 2.45) is 17.8 Å². The number of benzene rings is 2. The van der Waals surface area contributed by atoms with Crippen molar-refractivity contribution in [1.82, 2.24) is 4.90 Å². The third kappa shape index (κ3) is 4.15. The van der Waals surface area contributed by atoms with E-state index in [1.807, 2.05) is 4.90 Å². The molecule has 212 valence electrons. The highest BCUT2D eigenvalue weighted by atomic mass is 35.5. The van der Waals surface area contributed by atoms with E-state index in [0.717, 1.165) is 32.1 Å². The Balaban J connectivity index is 1.52. The molecule has 0 aromatic heterocycles. The molecule has 6 rings (SSSR count). The van der Waals surface area contributed by atoms with Crippen molar-refractivity contribution in [3.05, 3.63) is 56.0 Å². The number of rotatable bonds is 5. The van der Waals surface area contributed by atoms with Gasteiger partial charge < -0.3 is 14.9 Å². The van der Waals surface area contributed by atoms with Crippen LogP contribution in [0.2, 0.25) is 20.1 Å². The molecule has 2 unspecified atom stereocenters. The van der Waals surface area contributed by atoms with Crippen LogP contribution in [0.3, 0.4) is 0 Å². The number of anilines is 2. The van der Waals surface area contributed by atoms with E-state index in [4.69, 9.17) is 46.4 Å². The Morgan fingerprint density at radius 1 is 0.975 bits per heavy atom. The summed E-state index contributed by atoms with van der Waals surface area (Å²) in [6.07, 6.45) is 5.47. The molecule has 0 bridgehead atoms. The molecule has 4 atom stereocenters. The van der Waals surface area contributed by atoms with Crippen molar-refractivity contribution >= 4 is 75.6 Å². The van der Waals surface area contributed by atoms with Crippen LogP contribution in [0.4, 0.5) is 11.4 Å². The molecule has 0 radical (unpaired) electrons. The molecule has 3 fully saturated rings. The van der Waals surface area contributed by atoms with Crippen LogP contribution in [0, 0.1) is 17.8 Å². The fourth-order valence-corrected chi connectivity index (χ4v) is 8.94. The minimum absolute atomic E-state index is 0.265. The summed E-state index contributed by atoms with van der Waals surface area (Å²) >= 11 is 25.7. The molecule has 4 aliphatic rings. The zero-order valence-electron chi connectivity index (χ0n) is 21.9. The quantitative estimate of drug-likeness (QED) is 0.411. The first kappa shape index (κ1) is 28.1. The maximum Gasteiger partial charge on any atom is 0.310 e. The van der Waals surface area contributed by atoms with Gasteiger partial charge >= 0.3 is 5.97 Å². The predicted octanol–water partition coefficient (Wildman–Crippen LogP) is 6.49. The lowest BCUT2D eigenvalue weighted by Crippen LogP contribution is -2.55. The molecule has 2 aromatic carbocycles. The average Bonchev–Trinajstić information content (AvgIpc) is 3.64. The number of carbonyl (C=O) groups is 3. The van der Waals surface area contributed by atoms with Crippen LogP contribution in [0.25, 0.3) is 0 Å². The Hall–Kier alpha value is -2.03. The van der Waals surface area contributed by atoms with Gasteiger partial charge in [0.05, 0.1) is 16.6 Å². The summed E-state index contributed by atoms with van der Waals surface area (Å²) in [5.41, 5.74) is -0.187. The fourth-order valence-electron chi connectivity index (χ4n) is 7.80. The SMILES string of the molecule is CN1C(=O)C2(c3cc(Cl)cc(Cl)c31)[C@H](C(=O)O)C(C(=O)N(CC1CCCC1)c1cc(Cl)cc(Cl)c1)[C@@H]1CCCN12. The first-order chi connectivity index (χ1) is 19.0. The summed E-state index contributed by atoms with van der Waals surface area (Å²) in [4.78, 5) is 47.3. The largest absolute Gasteiger partial charge is 0.481 e. The number of carbonyl (C=O) groups excluding carboxylic acids is 2. The number of nitrogens with zero attached hydrogens (tertiary/aromatic N) is 3. The van der Waals surface area contributed by atoms with Gasteiger partial charge in [-0.3, -0.25) is 19.3 Å². The molecule has 3 heterocycles. The molecule has 40 heavy (non-hydrogen) atoms. The number of halogens is 4. The molecule has 1 spiro atoms. The van der Waals surface area contributed by atoms with E-state index in [1.54, 1.807) is 42.3 Å². The summed E-state index contributed by atoms with van der Waals surface area (Å²) in [6, 6.07) is 7.72. The first-order valence-electron chi connectivity index (χ1n) is 13.6. The topological polar surface area (TPSA) is 81.2 Å². The third-order valence-electron chi connectivity index (χ3n) is 9.27. The number of hydrogen-bond donors (Lipinski definition) is 1. The van der Waals surface area contributed by atoms with Crippen molar-refractivity contribution in [3.8, 4) is 0 Å². The smallest absolute Gasteiger partial charge is 0.310 e. The average molecular weight is 625 g/mol. The van der Waals surface area contributed by atoms with Gasteiger partial charge in [-0.2, -0.15) is 0 Å². The lowest BCUT2D eigenvalue weighted by molar-refractivity contribution is -0.152. The lowest BCUT2D eigenvalue weighted by atomic mass is 9.73. The normalized spacial score (nSPS) is 28.0. The molecular formula is C29H29Cl4N3O4. The summed E-state index contributed by atoms with van der Waals surface area (Å²) in [5.74, 6) is -4.00. The second-order valence-electron chi connectivity index (χ2n) is 11.4. The molecule has 2 aromatic rings. The highest BCUT2D eigenvalue weighted by molar-refractivity contribution is 6.38. The van der Waals surface area contributed by atoms with E-state index < -0.39 is 35.3 Å². The molecule has 1 N–H and O–H groups in total. The van der Waals surface area contributed by atoms with E-state index in [9.17, 15) is 19.5 Å². The zero-order valence-corrected chi connectivity index (χ0v) is 24.9. The molecule has 2 amide bonds. The Bertz CT molecular complexity index is 1390. The highest BCUT2D eigenvalue weighted by Crippen LogP contribution is 2.61. The monoisotopic (exact) mass is 623 g/mol. The van der Waals surface area contributed by atoms with Gasteiger partial charge in [0.15, 0.2) is 0 Å². The van der Waals surface area contributed by atoms with Crippen molar-refractivity contribution in [1.29, 1.82) is 0 Å². The summed E-state index contributed by atoms with van der Waals surface area (Å²) in [5, 5.41) is 12.2. The van der Waals surface area contributed by atoms with E-state index >= 15 is 0 Å². The Labute approximate surface area is 252 Å². The number of amides is 2. The minimum Gasteiger partial charge on any atom is -0.481 e. The summed E-state index contributed by atoms with van der Waals surface area (Å²) in [6.45, 7) is 0.910. The van der Waals surface area contributed by atoms with Crippen LogP contribution < -0.4 is 9.80 Å². The summed E-state index contributed by atoms with van der Waals surface area (Å²) in [7, 11) is 1.59. The molecule has 2 saturated heterocycles. The van der Waals surface area contributed by atoms with Crippen LogP contribution in [0.1, 0.15) is 44.1 Å². The van der Waals surface area contributed by atoms with Gasteiger partial charge in [-0.25, -0.2) is 0 Å². The first-order valence-corrected chi connectivity index (χ1v) is 15.1. The third-order valence-corrected chi connectivity index (χ3v) is 10.2. The molecule has 3 aliphatic heterocycles. The number of carboxylic acids is 1.